The van der Waals surface area contributed by atoms with Gasteiger partial charge in [0.2, 0.25) is 0 Å². The van der Waals surface area contributed by atoms with Crippen molar-refractivity contribution in [2.45, 2.75) is 55.5 Å². The number of aromatic amines is 1. The smallest absolute Gasteiger partial charge is 0.394 e. The van der Waals surface area contributed by atoms with Crippen molar-refractivity contribution in [1.29, 1.82) is 0 Å². The molecule has 1 unspecified atom stereocenters. The van der Waals surface area contributed by atoms with Gasteiger partial charge in [-0.15, -0.1) is 0 Å². The first kappa shape index (κ1) is 29.8. The lowest BCUT2D eigenvalue weighted by molar-refractivity contribution is -0.0529. The van der Waals surface area contributed by atoms with Gasteiger partial charge in [0.25, 0.3) is 0 Å². The number of nitrogens with zero attached hydrogens (tertiary/aromatic N) is 7. The second kappa shape index (κ2) is 11.4. The van der Waals surface area contributed by atoms with Crippen LogP contribution in [0.2, 0.25) is 0 Å². The topological polar surface area (TPSA) is 297 Å². The molecule has 20 nitrogen and oxygen atoms in total. The summed E-state index contributed by atoms with van der Waals surface area (Å²) in [6.45, 7) is -1.10. The molecule has 10 N–H and O–H groups in total. The lowest BCUT2D eigenvalue weighted by atomic mass is 10.1. The zero-order valence-electron chi connectivity index (χ0n) is 21.9. The van der Waals surface area contributed by atoms with E-state index in [4.69, 9.17) is 42.2 Å². The SMILES string of the molecule is Nc1nc(=S)c2ncn([C@@H]3O[C@H](CO)[C@@H](O)[C@H]3OP(=O)(O)OCC[C@H]3O[C@@H](n4cnc5c(N)ncnc54)[C@H](O)[C@@H]3O)c2[nH]1. The molecule has 4 aromatic rings. The summed E-state index contributed by atoms with van der Waals surface area (Å²) in [5.41, 5.74) is 12.6. The number of aliphatic hydroxyl groups excluding tert-OH is 4. The summed E-state index contributed by atoms with van der Waals surface area (Å²) in [6.07, 6.45) is -6.78. The molecule has 2 saturated heterocycles. The molecule has 0 amide bonds. The molecule has 0 spiro atoms. The molecule has 9 atom stereocenters. The summed E-state index contributed by atoms with van der Waals surface area (Å²) in [5.74, 6) is 0.0869. The van der Waals surface area contributed by atoms with Crippen molar-refractivity contribution in [2.75, 3.05) is 24.7 Å². The van der Waals surface area contributed by atoms with E-state index in [0.29, 0.717) is 0 Å². The number of aliphatic hydroxyl groups is 4. The number of fused-ring (bicyclic) bond motifs is 2. The Kier molecular flexibility index (Phi) is 7.89. The normalized spacial score (nSPS) is 30.8. The van der Waals surface area contributed by atoms with E-state index >= 15 is 0 Å². The van der Waals surface area contributed by atoms with Crippen LogP contribution in [0.25, 0.3) is 22.3 Å². The first-order chi connectivity index (χ1) is 20.5. The predicted molar refractivity (Wildman–Crippen MR) is 145 cm³/mol. The van der Waals surface area contributed by atoms with E-state index in [-0.39, 0.29) is 45.2 Å². The van der Waals surface area contributed by atoms with Crippen molar-refractivity contribution in [3.05, 3.63) is 23.6 Å². The van der Waals surface area contributed by atoms with Crippen LogP contribution in [0.15, 0.2) is 19.0 Å². The van der Waals surface area contributed by atoms with Gasteiger partial charge in [-0.1, -0.05) is 12.2 Å². The van der Waals surface area contributed by atoms with Crippen molar-refractivity contribution >= 4 is 54.1 Å². The number of anilines is 2. The lowest BCUT2D eigenvalue weighted by Gasteiger charge is -2.24. The standard InChI is InChI=1S/C21H27N10O10PS/c22-15-9-16(25-4-24-15)30(5-26-9)19-13(35)11(33)7(39-19)1-2-38-42(36,37)41-14-12(34)8(3-32)40-20(14)31-6-27-10-17(31)28-21(23)29-18(10)43/h4-8,11-14,19-20,32-35H,1-3H2,(H,36,37)(H2,22,24,25)(H3,23,28,29,43)/t7-,8-,11-,12-,13-,14-,19-,20-/m1/s1. The van der Waals surface area contributed by atoms with Crippen molar-refractivity contribution in [1.82, 2.24) is 39.0 Å². The molecule has 2 aliphatic heterocycles. The van der Waals surface area contributed by atoms with E-state index in [1.54, 1.807) is 0 Å². The van der Waals surface area contributed by atoms with Gasteiger partial charge in [0.1, 0.15) is 53.5 Å². The van der Waals surface area contributed by atoms with Gasteiger partial charge >= 0.3 is 7.82 Å². The van der Waals surface area contributed by atoms with E-state index in [1.807, 2.05) is 0 Å². The molecule has 232 valence electrons. The Morgan fingerprint density at radius 2 is 1.72 bits per heavy atom. The molecule has 0 aliphatic carbocycles. The zero-order chi connectivity index (χ0) is 30.6. The number of phosphoric acid groups is 1. The molecule has 0 aromatic carbocycles. The van der Waals surface area contributed by atoms with Gasteiger partial charge in [-0.25, -0.2) is 29.5 Å². The second-order valence-corrected chi connectivity index (χ2v) is 11.6. The van der Waals surface area contributed by atoms with Gasteiger partial charge in [0, 0.05) is 6.42 Å². The maximum Gasteiger partial charge on any atom is 0.472 e. The minimum atomic E-state index is -4.90. The fourth-order valence-corrected chi connectivity index (χ4v) is 6.26. The Morgan fingerprint density at radius 3 is 2.49 bits per heavy atom. The summed E-state index contributed by atoms with van der Waals surface area (Å²) in [4.78, 5) is 33.4. The first-order valence-corrected chi connectivity index (χ1v) is 14.7. The van der Waals surface area contributed by atoms with Crippen LogP contribution in [0.5, 0.6) is 0 Å². The Labute approximate surface area is 245 Å². The van der Waals surface area contributed by atoms with Crippen LogP contribution in [0.4, 0.5) is 11.8 Å². The molecule has 2 fully saturated rings. The molecule has 43 heavy (non-hydrogen) atoms. The summed E-state index contributed by atoms with van der Waals surface area (Å²) < 4.78 is 37.7. The molecule has 6 rings (SSSR count). The van der Waals surface area contributed by atoms with Crippen LogP contribution in [0.3, 0.4) is 0 Å². The molecular weight excluding hydrogens is 615 g/mol. The third kappa shape index (κ3) is 5.38. The fraction of sp³-hybridized carbons (Fsp3) is 0.524. The zero-order valence-corrected chi connectivity index (χ0v) is 23.6. The minimum absolute atomic E-state index is 0.0348. The van der Waals surface area contributed by atoms with E-state index in [0.717, 1.165) is 0 Å². The number of nitrogens with one attached hydrogen (secondary N) is 1. The summed E-state index contributed by atoms with van der Waals surface area (Å²) in [7, 11) is -4.90. The van der Waals surface area contributed by atoms with Gasteiger partial charge in [0.15, 0.2) is 34.5 Å². The van der Waals surface area contributed by atoms with Gasteiger partial charge in [0.05, 0.1) is 32.0 Å². The summed E-state index contributed by atoms with van der Waals surface area (Å²) >= 11 is 5.17. The van der Waals surface area contributed by atoms with Gasteiger partial charge in [-0.05, 0) is 0 Å². The van der Waals surface area contributed by atoms with Gasteiger partial charge in [-0.3, -0.25) is 18.2 Å². The van der Waals surface area contributed by atoms with E-state index < -0.39 is 70.1 Å². The third-order valence-electron chi connectivity index (χ3n) is 7.14. The molecule has 0 bridgehead atoms. The van der Waals surface area contributed by atoms with Crippen LogP contribution >= 0.6 is 20.0 Å². The van der Waals surface area contributed by atoms with Crippen molar-refractivity contribution < 1.29 is 48.4 Å². The Morgan fingerprint density at radius 1 is 1.00 bits per heavy atom. The highest BCUT2D eigenvalue weighted by Gasteiger charge is 2.49. The number of ether oxygens (including phenoxy) is 2. The van der Waals surface area contributed by atoms with E-state index in [9.17, 15) is 29.9 Å². The molecule has 22 heteroatoms. The average Bonchev–Trinajstić information content (AvgIpc) is 3.71. The number of H-pyrrole nitrogens is 1. The number of imidazole rings is 2. The van der Waals surface area contributed by atoms with Gasteiger partial charge < -0.3 is 51.2 Å². The highest BCUT2D eigenvalue weighted by Crippen LogP contribution is 2.49. The Balaban J connectivity index is 1.13. The van der Waals surface area contributed by atoms with Crippen LogP contribution in [-0.4, -0.2) is 114 Å². The van der Waals surface area contributed by atoms with Crippen LogP contribution in [0, 0.1) is 4.64 Å². The number of nitrogens with two attached hydrogens (primary N) is 2. The van der Waals surface area contributed by atoms with Crippen LogP contribution in [-0.2, 0) is 23.1 Å². The molecule has 6 heterocycles. The number of hydrogen-bond donors (Lipinski definition) is 8. The maximum absolute atomic E-state index is 13.0. The fourth-order valence-electron chi connectivity index (χ4n) is 5.07. The lowest BCUT2D eigenvalue weighted by Crippen LogP contribution is -2.35. The largest absolute Gasteiger partial charge is 0.472 e. The summed E-state index contributed by atoms with van der Waals surface area (Å²) in [5, 5.41) is 41.6. The van der Waals surface area contributed by atoms with Crippen LogP contribution in [0.1, 0.15) is 18.9 Å². The number of rotatable bonds is 9. The number of nitrogen functional groups attached to an aromatic ring is 2. The Hall–Kier alpha value is -3.21. The Bertz CT molecular complexity index is 1750. The van der Waals surface area contributed by atoms with Crippen LogP contribution < -0.4 is 11.5 Å². The highest BCUT2D eigenvalue weighted by molar-refractivity contribution is 7.71. The number of phosphoric ester groups is 1. The number of hydrogen-bond acceptors (Lipinski definition) is 17. The number of aromatic nitrogens is 8. The third-order valence-corrected chi connectivity index (χ3v) is 8.45. The van der Waals surface area contributed by atoms with Crippen molar-refractivity contribution in [3.63, 3.8) is 0 Å². The average molecular weight is 643 g/mol. The monoisotopic (exact) mass is 642 g/mol. The molecular formula is C21H27N10O10PS. The summed E-state index contributed by atoms with van der Waals surface area (Å²) in [6, 6.07) is 0. The van der Waals surface area contributed by atoms with Gasteiger partial charge in [-0.2, -0.15) is 0 Å². The second-order valence-electron chi connectivity index (χ2n) is 9.80. The van der Waals surface area contributed by atoms with Crippen molar-refractivity contribution in [2.24, 2.45) is 0 Å². The van der Waals surface area contributed by atoms with Crippen molar-refractivity contribution in [3.8, 4) is 0 Å². The van der Waals surface area contributed by atoms with E-state index in [1.165, 1.54) is 28.1 Å². The molecule has 2 aliphatic rings. The molecule has 0 saturated carbocycles. The molecule has 4 aromatic heterocycles. The quantitative estimate of drug-likeness (QED) is 0.0741. The minimum Gasteiger partial charge on any atom is -0.394 e. The highest BCUT2D eigenvalue weighted by atomic mass is 32.1. The first-order valence-electron chi connectivity index (χ1n) is 12.8. The molecule has 0 radical (unpaired) electrons. The van der Waals surface area contributed by atoms with E-state index in [2.05, 4.69) is 29.9 Å². The predicted octanol–water partition coefficient (Wildman–Crippen LogP) is -1.74. The maximum atomic E-state index is 13.0.